The van der Waals surface area contributed by atoms with Crippen LogP contribution in [0.2, 0.25) is 5.15 Å². The first-order valence-electron chi connectivity index (χ1n) is 6.47. The average Bonchev–Trinajstić information content (AvgIpc) is 2.68. The van der Waals surface area contributed by atoms with E-state index in [2.05, 4.69) is 15.6 Å². The maximum absolute atomic E-state index is 12.2. The Labute approximate surface area is 137 Å². The van der Waals surface area contributed by atoms with Gasteiger partial charge in [0.15, 0.2) is 11.3 Å². The van der Waals surface area contributed by atoms with Crippen molar-refractivity contribution in [3.63, 3.8) is 0 Å². The molecule has 0 saturated heterocycles. The molecule has 5 nitrogen and oxygen atoms in total. The average molecular weight is 347 g/mol. The van der Waals surface area contributed by atoms with E-state index in [4.69, 9.17) is 28.5 Å². The Morgan fingerprint density at radius 2 is 2.14 bits per heavy atom. The van der Waals surface area contributed by atoms with Crippen LogP contribution < -0.4 is 10.6 Å². The predicted molar refractivity (Wildman–Crippen MR) is 84.8 cm³/mol. The van der Waals surface area contributed by atoms with E-state index >= 15 is 0 Å². The first-order chi connectivity index (χ1) is 9.65. The van der Waals surface area contributed by atoms with E-state index in [0.717, 1.165) is 4.88 Å². The summed E-state index contributed by atoms with van der Waals surface area (Å²) in [6, 6.07) is -0.0386. The number of anilines is 1. The van der Waals surface area contributed by atoms with Crippen LogP contribution >= 0.6 is 34.5 Å². The summed E-state index contributed by atoms with van der Waals surface area (Å²) in [5, 5.41) is 14.7. The van der Waals surface area contributed by atoms with Crippen LogP contribution in [0.4, 0.5) is 5.13 Å². The third-order valence-electron chi connectivity index (χ3n) is 3.30. The van der Waals surface area contributed by atoms with Crippen molar-refractivity contribution in [2.45, 2.75) is 49.9 Å². The van der Waals surface area contributed by atoms with Gasteiger partial charge in [-0.1, -0.05) is 43.7 Å². The summed E-state index contributed by atoms with van der Waals surface area (Å²) in [7, 11) is 0. The number of hydrogen-bond acceptors (Lipinski definition) is 5. The summed E-state index contributed by atoms with van der Waals surface area (Å²) in [5.41, 5.74) is -0.130. The minimum absolute atomic E-state index is 0.0386. The highest BCUT2D eigenvalue weighted by Crippen LogP contribution is 2.41. The molecule has 114 valence electrons. The van der Waals surface area contributed by atoms with Crippen LogP contribution in [0.3, 0.4) is 0 Å². The molecule has 8 heteroatoms. The Morgan fingerprint density at radius 1 is 1.52 bits per heavy atom. The highest BCUT2D eigenvalue weighted by atomic mass is 35.5. The molecule has 1 amide bonds. The highest BCUT2D eigenvalue weighted by molar-refractivity contribution is 7.16. The third kappa shape index (κ3) is 3.42. The van der Waals surface area contributed by atoms with Gasteiger partial charge in [-0.25, -0.2) is 4.98 Å². The molecule has 21 heavy (non-hydrogen) atoms. The predicted octanol–water partition coefficient (Wildman–Crippen LogP) is 3.24. The van der Waals surface area contributed by atoms with E-state index in [9.17, 15) is 4.79 Å². The minimum Gasteiger partial charge on any atom is -0.321 e. The standard InChI is InChI=1S/C13H16Cl2N4OS/c1-12(2,3)8-9(14)18-11(21-8)19-10(20)13(15)4-7(5-13)17-6-16/h7,17H,4-5H2,1-3H3,(H,18,19,20)/t7-,13+. The Morgan fingerprint density at radius 3 is 2.62 bits per heavy atom. The number of hydrogen-bond donors (Lipinski definition) is 2. The Kier molecular flexibility index (Phi) is 4.39. The summed E-state index contributed by atoms with van der Waals surface area (Å²) in [5.74, 6) is -0.300. The second-order valence-corrected chi connectivity index (χ2v) is 8.25. The molecule has 0 bridgehead atoms. The lowest BCUT2D eigenvalue weighted by molar-refractivity contribution is -0.121. The van der Waals surface area contributed by atoms with Crippen molar-refractivity contribution in [3.05, 3.63) is 10.0 Å². The number of alkyl halides is 1. The van der Waals surface area contributed by atoms with Gasteiger partial charge < -0.3 is 10.6 Å². The van der Waals surface area contributed by atoms with Gasteiger partial charge in [-0.3, -0.25) is 4.79 Å². The topological polar surface area (TPSA) is 77.8 Å². The van der Waals surface area contributed by atoms with Gasteiger partial charge in [0.1, 0.15) is 10.0 Å². The van der Waals surface area contributed by atoms with E-state index in [-0.39, 0.29) is 17.4 Å². The Bertz CT molecular complexity index is 596. The Hall–Kier alpha value is -1.03. The van der Waals surface area contributed by atoms with Crippen LogP contribution in [0.25, 0.3) is 0 Å². The zero-order valence-electron chi connectivity index (χ0n) is 12.0. The second kappa shape index (κ2) is 5.64. The van der Waals surface area contributed by atoms with Crippen molar-refractivity contribution in [1.82, 2.24) is 10.3 Å². The molecule has 0 unspecified atom stereocenters. The summed E-state index contributed by atoms with van der Waals surface area (Å²) in [6.07, 6.45) is 2.69. The molecule has 0 aliphatic heterocycles. The molecule has 0 atom stereocenters. The molecule has 2 rings (SSSR count). The van der Waals surface area contributed by atoms with E-state index in [1.165, 1.54) is 11.3 Å². The molecular weight excluding hydrogens is 331 g/mol. The minimum atomic E-state index is -0.978. The SMILES string of the molecule is CC(C)(C)c1sc(NC(=O)[C@]2(Cl)C[C@@H](NC#N)C2)nc1Cl. The number of carbonyl (C=O) groups excluding carboxylic acids is 1. The molecule has 1 aromatic heterocycles. The van der Waals surface area contributed by atoms with Gasteiger partial charge in [-0.2, -0.15) is 5.26 Å². The quantitative estimate of drug-likeness (QED) is 0.500. The maximum Gasteiger partial charge on any atom is 0.247 e. The van der Waals surface area contributed by atoms with Crippen LogP contribution in [-0.4, -0.2) is 21.8 Å². The number of halogens is 2. The molecule has 1 aromatic rings. The van der Waals surface area contributed by atoms with Gasteiger partial charge in [0.05, 0.1) is 4.88 Å². The number of rotatable bonds is 3. The lowest BCUT2D eigenvalue weighted by atomic mass is 9.78. The van der Waals surface area contributed by atoms with E-state index in [1.807, 2.05) is 27.0 Å². The molecule has 0 radical (unpaired) electrons. The lowest BCUT2D eigenvalue weighted by Gasteiger charge is -2.40. The smallest absolute Gasteiger partial charge is 0.247 e. The summed E-state index contributed by atoms with van der Waals surface area (Å²) >= 11 is 13.7. The van der Waals surface area contributed by atoms with Gasteiger partial charge in [-0.15, -0.1) is 11.6 Å². The van der Waals surface area contributed by atoms with E-state index in [0.29, 0.717) is 23.1 Å². The van der Waals surface area contributed by atoms with Gasteiger partial charge in [0.2, 0.25) is 5.91 Å². The number of carbonyl (C=O) groups is 1. The van der Waals surface area contributed by atoms with E-state index < -0.39 is 4.87 Å². The zero-order chi connectivity index (χ0) is 15.8. The van der Waals surface area contributed by atoms with Crippen molar-refractivity contribution >= 4 is 45.6 Å². The van der Waals surface area contributed by atoms with Gasteiger partial charge in [0, 0.05) is 6.04 Å². The number of thiazole rings is 1. The van der Waals surface area contributed by atoms with Gasteiger partial charge >= 0.3 is 0 Å². The maximum atomic E-state index is 12.2. The molecule has 1 saturated carbocycles. The van der Waals surface area contributed by atoms with Crippen molar-refractivity contribution < 1.29 is 4.79 Å². The molecular formula is C13H16Cl2N4OS. The number of nitrogens with one attached hydrogen (secondary N) is 2. The van der Waals surface area contributed by atoms with Crippen molar-refractivity contribution in [3.8, 4) is 6.19 Å². The zero-order valence-corrected chi connectivity index (χ0v) is 14.3. The fraction of sp³-hybridized carbons (Fsp3) is 0.615. The first-order valence-corrected chi connectivity index (χ1v) is 8.05. The number of aromatic nitrogens is 1. The van der Waals surface area contributed by atoms with Gasteiger partial charge in [0.25, 0.3) is 0 Å². The molecule has 1 aliphatic carbocycles. The van der Waals surface area contributed by atoms with Crippen LogP contribution in [0.5, 0.6) is 0 Å². The van der Waals surface area contributed by atoms with Crippen LogP contribution in [0.1, 0.15) is 38.5 Å². The molecule has 1 fully saturated rings. The van der Waals surface area contributed by atoms with Gasteiger partial charge in [-0.05, 0) is 18.3 Å². The van der Waals surface area contributed by atoms with Crippen molar-refractivity contribution in [2.75, 3.05) is 5.32 Å². The fourth-order valence-corrected chi connectivity index (χ4v) is 3.99. The third-order valence-corrected chi connectivity index (χ3v) is 5.57. The molecule has 0 aromatic carbocycles. The van der Waals surface area contributed by atoms with Crippen LogP contribution in [0, 0.1) is 11.5 Å². The lowest BCUT2D eigenvalue weighted by Crippen LogP contribution is -2.55. The molecule has 0 spiro atoms. The van der Waals surface area contributed by atoms with Crippen molar-refractivity contribution in [2.24, 2.45) is 0 Å². The summed E-state index contributed by atoms with van der Waals surface area (Å²) < 4.78 is 0. The second-order valence-electron chi connectivity index (χ2n) is 6.17. The largest absolute Gasteiger partial charge is 0.321 e. The molecule has 2 N–H and O–H groups in total. The number of amides is 1. The van der Waals surface area contributed by atoms with Crippen LogP contribution in [0.15, 0.2) is 0 Å². The van der Waals surface area contributed by atoms with Crippen molar-refractivity contribution in [1.29, 1.82) is 5.26 Å². The molecule has 1 aliphatic rings. The Balaban J connectivity index is 2.03. The summed E-state index contributed by atoms with van der Waals surface area (Å²) in [6.45, 7) is 6.10. The first kappa shape index (κ1) is 16.3. The molecule has 1 heterocycles. The monoisotopic (exact) mass is 346 g/mol. The normalized spacial score (nSPS) is 24.9. The highest BCUT2D eigenvalue weighted by Gasteiger charge is 2.49. The summed E-state index contributed by atoms with van der Waals surface area (Å²) in [4.78, 5) is 16.3. The number of nitriles is 1. The fourth-order valence-electron chi connectivity index (χ4n) is 2.13. The number of nitrogens with zero attached hydrogens (tertiary/aromatic N) is 2. The van der Waals surface area contributed by atoms with Crippen LogP contribution in [-0.2, 0) is 10.2 Å². The van der Waals surface area contributed by atoms with E-state index in [1.54, 1.807) is 0 Å².